The Morgan fingerprint density at radius 2 is 1.83 bits per heavy atom. The van der Waals surface area contributed by atoms with Crippen LogP contribution in [0.1, 0.15) is 24.9 Å². The standard InChI is InChI=1S/C16H15F3N4/c1-2-6-14-20-15(11-22(14)12-7-4-3-5-8-12)23-10-9-13(21-23)16(17,18)19/h3-5,7-11H,2,6H2,1H3. The molecule has 0 atom stereocenters. The van der Waals surface area contributed by atoms with Gasteiger partial charge >= 0.3 is 6.18 Å². The molecule has 0 spiro atoms. The SMILES string of the molecule is CCCc1nc(-n2ccc(C(F)(F)F)n2)cn1-c1ccccc1. The van der Waals surface area contributed by atoms with Gasteiger partial charge in [-0.3, -0.25) is 0 Å². The number of aromatic nitrogens is 4. The fraction of sp³-hybridized carbons (Fsp3) is 0.250. The van der Waals surface area contributed by atoms with Crippen LogP contribution in [0.15, 0.2) is 48.8 Å². The van der Waals surface area contributed by atoms with E-state index in [1.165, 1.54) is 6.20 Å². The van der Waals surface area contributed by atoms with Crippen LogP contribution in [-0.2, 0) is 12.6 Å². The average molecular weight is 320 g/mol. The molecule has 1 aromatic carbocycles. The van der Waals surface area contributed by atoms with E-state index in [2.05, 4.69) is 10.1 Å². The van der Waals surface area contributed by atoms with Gasteiger partial charge in [-0.25, -0.2) is 9.67 Å². The van der Waals surface area contributed by atoms with Crippen molar-refractivity contribution < 1.29 is 13.2 Å². The molecule has 0 radical (unpaired) electrons. The topological polar surface area (TPSA) is 35.6 Å². The van der Waals surface area contributed by atoms with Gasteiger partial charge in [-0.05, 0) is 24.6 Å². The Morgan fingerprint density at radius 3 is 2.43 bits per heavy atom. The molecule has 2 aromatic heterocycles. The fourth-order valence-electron chi connectivity index (χ4n) is 2.33. The molecule has 0 N–H and O–H groups in total. The van der Waals surface area contributed by atoms with E-state index in [1.807, 2.05) is 41.8 Å². The van der Waals surface area contributed by atoms with Crippen molar-refractivity contribution >= 4 is 0 Å². The minimum absolute atomic E-state index is 0.368. The van der Waals surface area contributed by atoms with E-state index in [-0.39, 0.29) is 0 Å². The molecule has 3 rings (SSSR count). The van der Waals surface area contributed by atoms with Crippen LogP contribution in [0.3, 0.4) is 0 Å². The van der Waals surface area contributed by atoms with Crippen molar-refractivity contribution in [2.75, 3.05) is 0 Å². The first-order valence-electron chi connectivity index (χ1n) is 7.26. The van der Waals surface area contributed by atoms with Crippen molar-refractivity contribution in [3.8, 4) is 11.5 Å². The summed E-state index contributed by atoms with van der Waals surface area (Å²) in [5.74, 6) is 1.16. The van der Waals surface area contributed by atoms with Gasteiger partial charge in [0.1, 0.15) is 5.82 Å². The zero-order valence-corrected chi connectivity index (χ0v) is 12.5. The van der Waals surface area contributed by atoms with E-state index in [4.69, 9.17) is 0 Å². The number of halogens is 3. The highest BCUT2D eigenvalue weighted by Gasteiger charge is 2.33. The first kappa shape index (κ1) is 15.3. The zero-order valence-electron chi connectivity index (χ0n) is 12.5. The highest BCUT2D eigenvalue weighted by Crippen LogP contribution is 2.28. The minimum Gasteiger partial charge on any atom is -0.301 e. The summed E-state index contributed by atoms with van der Waals surface area (Å²) in [7, 11) is 0. The second-order valence-corrected chi connectivity index (χ2v) is 5.11. The third-order valence-electron chi connectivity index (χ3n) is 3.39. The Hall–Kier alpha value is -2.57. The van der Waals surface area contributed by atoms with Gasteiger partial charge in [-0.1, -0.05) is 25.1 Å². The van der Waals surface area contributed by atoms with Crippen LogP contribution in [0.4, 0.5) is 13.2 Å². The van der Waals surface area contributed by atoms with Gasteiger partial charge in [-0.15, -0.1) is 0 Å². The molecular formula is C16H15F3N4. The molecule has 0 aliphatic carbocycles. The van der Waals surface area contributed by atoms with Gasteiger partial charge in [0.2, 0.25) is 0 Å². The number of aryl methyl sites for hydroxylation is 1. The van der Waals surface area contributed by atoms with Crippen molar-refractivity contribution in [2.45, 2.75) is 25.9 Å². The van der Waals surface area contributed by atoms with Crippen LogP contribution in [0, 0.1) is 0 Å². The molecule has 3 aromatic rings. The molecule has 0 fully saturated rings. The monoisotopic (exact) mass is 320 g/mol. The zero-order chi connectivity index (χ0) is 16.4. The summed E-state index contributed by atoms with van der Waals surface area (Å²) in [6.45, 7) is 2.03. The smallest absolute Gasteiger partial charge is 0.301 e. The van der Waals surface area contributed by atoms with E-state index < -0.39 is 11.9 Å². The predicted octanol–water partition coefficient (Wildman–Crippen LogP) is 4.03. The molecule has 0 saturated carbocycles. The summed E-state index contributed by atoms with van der Waals surface area (Å²) in [5.41, 5.74) is -0.0123. The van der Waals surface area contributed by atoms with Crippen molar-refractivity contribution in [3.05, 3.63) is 60.3 Å². The number of rotatable bonds is 4. The lowest BCUT2D eigenvalue weighted by molar-refractivity contribution is -0.141. The van der Waals surface area contributed by atoms with Gasteiger partial charge in [0.05, 0.1) is 6.20 Å². The maximum Gasteiger partial charge on any atom is 0.435 e. The summed E-state index contributed by atoms with van der Waals surface area (Å²) in [4.78, 5) is 4.44. The van der Waals surface area contributed by atoms with Crippen molar-refractivity contribution in [3.63, 3.8) is 0 Å². The van der Waals surface area contributed by atoms with E-state index in [0.717, 1.165) is 35.1 Å². The quantitative estimate of drug-likeness (QED) is 0.727. The first-order chi connectivity index (χ1) is 11.0. The van der Waals surface area contributed by atoms with Crippen molar-refractivity contribution in [1.29, 1.82) is 0 Å². The highest BCUT2D eigenvalue weighted by atomic mass is 19.4. The normalized spacial score (nSPS) is 11.8. The number of hydrogen-bond acceptors (Lipinski definition) is 2. The van der Waals surface area contributed by atoms with Gasteiger partial charge in [0.15, 0.2) is 11.5 Å². The van der Waals surface area contributed by atoms with E-state index >= 15 is 0 Å². The maximum atomic E-state index is 12.7. The number of para-hydroxylation sites is 1. The second kappa shape index (κ2) is 5.91. The van der Waals surface area contributed by atoms with E-state index in [1.54, 1.807) is 6.20 Å². The number of alkyl halides is 3. The lowest BCUT2D eigenvalue weighted by Crippen LogP contribution is -2.07. The summed E-state index contributed by atoms with van der Waals surface area (Å²) in [5, 5.41) is 3.58. The number of hydrogen-bond donors (Lipinski definition) is 0. The molecular weight excluding hydrogens is 305 g/mol. The molecule has 0 amide bonds. The molecule has 23 heavy (non-hydrogen) atoms. The molecule has 0 aliphatic rings. The average Bonchev–Trinajstić information content (AvgIpc) is 3.14. The van der Waals surface area contributed by atoms with Crippen LogP contribution in [0.25, 0.3) is 11.5 Å². The van der Waals surface area contributed by atoms with Crippen LogP contribution < -0.4 is 0 Å². The molecule has 120 valence electrons. The Labute approximate surface area is 131 Å². The first-order valence-corrected chi connectivity index (χ1v) is 7.26. The van der Waals surface area contributed by atoms with Crippen molar-refractivity contribution in [1.82, 2.24) is 19.3 Å². The third-order valence-corrected chi connectivity index (χ3v) is 3.39. The molecule has 0 saturated heterocycles. The summed E-state index contributed by atoms with van der Waals surface area (Å²) in [6.07, 6.45) is 0.127. The molecule has 4 nitrogen and oxygen atoms in total. The van der Waals surface area contributed by atoms with Crippen LogP contribution in [0.5, 0.6) is 0 Å². The third kappa shape index (κ3) is 3.13. The lowest BCUT2D eigenvalue weighted by atomic mass is 10.3. The van der Waals surface area contributed by atoms with Gasteiger partial charge in [0.25, 0.3) is 0 Å². The van der Waals surface area contributed by atoms with Crippen LogP contribution in [-0.4, -0.2) is 19.3 Å². The fourth-order valence-corrected chi connectivity index (χ4v) is 2.33. The minimum atomic E-state index is -4.46. The molecule has 7 heteroatoms. The maximum absolute atomic E-state index is 12.7. The Balaban J connectivity index is 2.03. The summed E-state index contributed by atoms with van der Waals surface area (Å²) >= 11 is 0. The van der Waals surface area contributed by atoms with Gasteiger partial charge in [-0.2, -0.15) is 18.3 Å². The van der Waals surface area contributed by atoms with E-state index in [0.29, 0.717) is 5.82 Å². The molecule has 0 bridgehead atoms. The molecule has 0 unspecified atom stereocenters. The largest absolute Gasteiger partial charge is 0.435 e. The van der Waals surface area contributed by atoms with Gasteiger partial charge in [0, 0.05) is 18.3 Å². The Morgan fingerprint density at radius 1 is 1.09 bits per heavy atom. The number of nitrogens with zero attached hydrogens (tertiary/aromatic N) is 4. The summed E-state index contributed by atoms with van der Waals surface area (Å²) < 4.78 is 41.1. The highest BCUT2D eigenvalue weighted by molar-refractivity contribution is 5.36. The lowest BCUT2D eigenvalue weighted by Gasteiger charge is -2.05. The Bertz CT molecular complexity index is 787. The predicted molar refractivity (Wildman–Crippen MR) is 79.7 cm³/mol. The second-order valence-electron chi connectivity index (χ2n) is 5.11. The Kier molecular flexibility index (Phi) is 3.94. The van der Waals surface area contributed by atoms with Crippen LogP contribution >= 0.6 is 0 Å². The number of benzene rings is 1. The molecule has 0 aliphatic heterocycles. The van der Waals surface area contributed by atoms with Crippen LogP contribution in [0.2, 0.25) is 0 Å². The van der Waals surface area contributed by atoms with E-state index in [9.17, 15) is 13.2 Å². The number of imidazole rings is 1. The summed E-state index contributed by atoms with van der Waals surface area (Å²) in [6, 6.07) is 10.5. The van der Waals surface area contributed by atoms with Gasteiger partial charge < -0.3 is 4.57 Å². The van der Waals surface area contributed by atoms with Crippen molar-refractivity contribution in [2.24, 2.45) is 0 Å². The molecule has 2 heterocycles.